The molecule has 0 atom stereocenters. The zero-order valence-electron chi connectivity index (χ0n) is 15.4. The van der Waals surface area contributed by atoms with Gasteiger partial charge in [-0.15, -0.1) is 0 Å². The predicted molar refractivity (Wildman–Crippen MR) is 110 cm³/mol. The van der Waals surface area contributed by atoms with Crippen LogP contribution in [0.25, 0.3) is 10.9 Å². The Morgan fingerprint density at radius 2 is 1.87 bits per heavy atom. The lowest BCUT2D eigenvalue weighted by Crippen LogP contribution is -2.34. The van der Waals surface area contributed by atoms with Gasteiger partial charge < -0.3 is 16.0 Å². The maximum absolute atomic E-state index is 12.9. The van der Waals surface area contributed by atoms with Crippen LogP contribution < -0.4 is 16.0 Å². The highest BCUT2D eigenvalue weighted by Gasteiger charge is 2.32. The van der Waals surface area contributed by atoms with Gasteiger partial charge in [0.1, 0.15) is 5.82 Å². The van der Waals surface area contributed by atoms with Crippen LogP contribution in [0.2, 0.25) is 10.0 Å². The number of benzene rings is 2. The number of rotatable bonds is 4. The van der Waals surface area contributed by atoms with E-state index >= 15 is 0 Å². The molecule has 3 aromatic rings. The van der Waals surface area contributed by atoms with Gasteiger partial charge >= 0.3 is 6.18 Å². The predicted octanol–water partition coefficient (Wildman–Crippen LogP) is 4.19. The Labute approximate surface area is 179 Å². The lowest BCUT2D eigenvalue weighted by atomic mass is 10.1. The van der Waals surface area contributed by atoms with Crippen LogP contribution in [-0.2, 0) is 12.7 Å². The van der Waals surface area contributed by atoms with E-state index in [1.54, 1.807) is 4.68 Å². The van der Waals surface area contributed by atoms with Crippen LogP contribution in [0.4, 0.5) is 24.7 Å². The number of anilines is 2. The van der Waals surface area contributed by atoms with E-state index in [-0.39, 0.29) is 27.2 Å². The first kappa shape index (κ1) is 20.6. The van der Waals surface area contributed by atoms with Gasteiger partial charge in [-0.25, -0.2) is 4.68 Å². The molecule has 1 amide bonds. The fraction of sp³-hybridized carbons (Fsp3) is 0.263. The normalized spacial score (nSPS) is 13.7. The van der Waals surface area contributed by atoms with Gasteiger partial charge in [-0.2, -0.15) is 18.3 Å². The minimum absolute atomic E-state index is 0.195. The summed E-state index contributed by atoms with van der Waals surface area (Å²) in [6, 6.07) is 6.42. The first-order chi connectivity index (χ1) is 14.1. The summed E-state index contributed by atoms with van der Waals surface area (Å²) in [5.41, 5.74) is 5.73. The summed E-state index contributed by atoms with van der Waals surface area (Å²) in [5.74, 6) is 0.387. The Bertz CT molecular complexity index is 1120. The minimum Gasteiger partial charge on any atom is -0.396 e. The van der Waals surface area contributed by atoms with Crippen LogP contribution in [0.1, 0.15) is 15.9 Å². The SMILES string of the molecule is Nc1c(Cl)cc(C(=O)NCCN2CCn3nc4cc(C(F)(F)F)ccc4c32)cc1Cl. The number of aromatic nitrogens is 2. The van der Waals surface area contributed by atoms with Gasteiger partial charge in [-0.3, -0.25) is 4.79 Å². The van der Waals surface area contributed by atoms with Crippen molar-refractivity contribution in [2.45, 2.75) is 12.7 Å². The van der Waals surface area contributed by atoms with Gasteiger partial charge in [0.15, 0.2) is 0 Å². The van der Waals surface area contributed by atoms with E-state index in [9.17, 15) is 18.0 Å². The van der Waals surface area contributed by atoms with Crippen molar-refractivity contribution in [3.05, 3.63) is 51.5 Å². The summed E-state index contributed by atoms with van der Waals surface area (Å²) < 4.78 is 40.5. The molecule has 2 heterocycles. The topological polar surface area (TPSA) is 76.2 Å². The summed E-state index contributed by atoms with van der Waals surface area (Å²) in [5, 5.41) is 8.10. The zero-order chi connectivity index (χ0) is 21.6. The second-order valence-corrected chi connectivity index (χ2v) is 7.69. The number of carbonyl (C=O) groups excluding carboxylic acids is 1. The van der Waals surface area contributed by atoms with Crippen LogP contribution in [0.3, 0.4) is 0 Å². The number of nitrogens with one attached hydrogen (secondary N) is 1. The van der Waals surface area contributed by atoms with Gasteiger partial charge in [0.25, 0.3) is 5.91 Å². The molecule has 6 nitrogen and oxygen atoms in total. The summed E-state index contributed by atoms with van der Waals surface area (Å²) in [6.07, 6.45) is -4.42. The summed E-state index contributed by atoms with van der Waals surface area (Å²) in [4.78, 5) is 14.3. The van der Waals surface area contributed by atoms with Gasteiger partial charge in [0, 0.05) is 30.6 Å². The largest absolute Gasteiger partial charge is 0.416 e. The fourth-order valence-electron chi connectivity index (χ4n) is 3.45. The molecular formula is C19H16Cl2F3N5O. The molecule has 1 aliphatic heterocycles. The summed E-state index contributed by atoms with van der Waals surface area (Å²) in [6.45, 7) is 1.98. The second-order valence-electron chi connectivity index (χ2n) is 6.87. The van der Waals surface area contributed by atoms with Crippen molar-refractivity contribution in [2.75, 3.05) is 30.3 Å². The number of hydrogen-bond donors (Lipinski definition) is 2. The molecule has 0 aliphatic carbocycles. The zero-order valence-corrected chi connectivity index (χ0v) is 16.9. The number of carbonyl (C=O) groups is 1. The number of halogens is 5. The van der Waals surface area contributed by atoms with Crippen LogP contribution >= 0.6 is 23.2 Å². The van der Waals surface area contributed by atoms with E-state index in [2.05, 4.69) is 10.4 Å². The number of nitrogens with zero attached hydrogens (tertiary/aromatic N) is 3. The van der Waals surface area contributed by atoms with Gasteiger partial charge in [0.2, 0.25) is 0 Å². The van der Waals surface area contributed by atoms with Crippen LogP contribution in [-0.4, -0.2) is 35.3 Å². The van der Waals surface area contributed by atoms with Gasteiger partial charge in [0.05, 0.1) is 33.4 Å². The highest BCUT2D eigenvalue weighted by atomic mass is 35.5. The Morgan fingerprint density at radius 1 is 1.17 bits per heavy atom. The molecule has 1 aliphatic rings. The lowest BCUT2D eigenvalue weighted by Gasteiger charge is -2.18. The van der Waals surface area contributed by atoms with E-state index in [0.717, 1.165) is 18.0 Å². The maximum Gasteiger partial charge on any atom is 0.416 e. The fourth-order valence-corrected chi connectivity index (χ4v) is 3.93. The van der Waals surface area contributed by atoms with Crippen LogP contribution in [0.5, 0.6) is 0 Å². The molecule has 3 N–H and O–H groups in total. The van der Waals surface area contributed by atoms with Crippen molar-refractivity contribution in [3.63, 3.8) is 0 Å². The Kier molecular flexibility index (Phi) is 5.19. The van der Waals surface area contributed by atoms with E-state index in [1.165, 1.54) is 18.2 Å². The minimum atomic E-state index is -4.42. The molecule has 0 radical (unpaired) electrons. The molecule has 0 unspecified atom stereocenters. The first-order valence-corrected chi connectivity index (χ1v) is 9.76. The smallest absolute Gasteiger partial charge is 0.396 e. The quantitative estimate of drug-likeness (QED) is 0.575. The highest BCUT2D eigenvalue weighted by Crippen LogP contribution is 2.35. The molecule has 2 aromatic carbocycles. The Balaban J connectivity index is 1.46. The summed E-state index contributed by atoms with van der Waals surface area (Å²) >= 11 is 11.9. The summed E-state index contributed by atoms with van der Waals surface area (Å²) in [7, 11) is 0. The molecule has 1 aromatic heterocycles. The van der Waals surface area contributed by atoms with Crippen molar-refractivity contribution in [1.29, 1.82) is 0 Å². The Hall–Kier alpha value is -2.65. The molecule has 0 saturated heterocycles. The third kappa shape index (κ3) is 3.75. The van der Waals surface area contributed by atoms with E-state index < -0.39 is 11.7 Å². The second kappa shape index (κ2) is 7.55. The van der Waals surface area contributed by atoms with Gasteiger partial charge in [-0.1, -0.05) is 23.2 Å². The first-order valence-electron chi connectivity index (χ1n) is 9.00. The molecule has 30 heavy (non-hydrogen) atoms. The van der Waals surface area contributed by atoms with E-state index in [1.807, 2.05) is 4.90 Å². The van der Waals surface area contributed by atoms with Crippen molar-refractivity contribution in [1.82, 2.24) is 15.1 Å². The highest BCUT2D eigenvalue weighted by molar-refractivity contribution is 6.39. The maximum atomic E-state index is 12.9. The van der Waals surface area contributed by atoms with Crippen molar-refractivity contribution < 1.29 is 18.0 Å². The van der Waals surface area contributed by atoms with Crippen molar-refractivity contribution >= 4 is 51.5 Å². The number of fused-ring (bicyclic) bond motifs is 3. The standard InChI is InChI=1S/C19H16Cl2F3N5O/c20-13-7-10(8-14(21)16(13)25)17(30)26-3-4-28-5-6-29-18(28)12-2-1-11(19(22,23)24)9-15(12)27-29/h1-2,7-9H,3-6,25H2,(H,26,30). The molecular weight excluding hydrogens is 442 g/mol. The molecule has 0 saturated carbocycles. The molecule has 0 spiro atoms. The number of alkyl halides is 3. The van der Waals surface area contributed by atoms with Gasteiger partial charge in [-0.05, 0) is 30.3 Å². The molecule has 4 rings (SSSR count). The number of hydrogen-bond acceptors (Lipinski definition) is 4. The third-order valence-corrected chi connectivity index (χ3v) is 5.55. The molecule has 0 bridgehead atoms. The molecule has 0 fully saturated rings. The number of amides is 1. The van der Waals surface area contributed by atoms with Crippen molar-refractivity contribution in [3.8, 4) is 0 Å². The third-order valence-electron chi connectivity index (χ3n) is 4.93. The van der Waals surface area contributed by atoms with Crippen LogP contribution in [0.15, 0.2) is 30.3 Å². The average Bonchev–Trinajstić information content (AvgIpc) is 3.23. The van der Waals surface area contributed by atoms with Crippen molar-refractivity contribution in [2.24, 2.45) is 0 Å². The number of nitrogen functional groups attached to an aromatic ring is 1. The number of nitrogens with two attached hydrogens (primary N) is 1. The Morgan fingerprint density at radius 3 is 2.53 bits per heavy atom. The van der Waals surface area contributed by atoms with E-state index in [0.29, 0.717) is 37.1 Å². The van der Waals surface area contributed by atoms with Crippen LogP contribution in [0, 0.1) is 0 Å². The van der Waals surface area contributed by atoms with E-state index in [4.69, 9.17) is 28.9 Å². The molecule has 158 valence electrons. The average molecular weight is 458 g/mol. The lowest BCUT2D eigenvalue weighted by molar-refractivity contribution is -0.137. The monoisotopic (exact) mass is 457 g/mol. The molecule has 11 heteroatoms.